The van der Waals surface area contributed by atoms with Crippen LogP contribution in [0.25, 0.3) is 0 Å². The molecule has 1 saturated carbocycles. The first-order chi connectivity index (χ1) is 8.17. The topological polar surface area (TPSA) is 32.3 Å². The van der Waals surface area contributed by atoms with Gasteiger partial charge in [0.2, 0.25) is 5.91 Å². The lowest BCUT2D eigenvalue weighted by atomic mass is 9.97. The summed E-state index contributed by atoms with van der Waals surface area (Å²) < 4.78 is 0. The van der Waals surface area contributed by atoms with Gasteiger partial charge in [-0.2, -0.15) is 0 Å². The van der Waals surface area contributed by atoms with Gasteiger partial charge in [-0.3, -0.25) is 4.79 Å². The standard InChI is InChI=1S/C14H24N2O/c1-3-11-16(12-7-4-5-8-12)13(17)14(2)9-6-10-15-14/h3,12,15H,1,4-11H2,2H3. The number of hydrogen-bond acceptors (Lipinski definition) is 2. The van der Waals surface area contributed by atoms with E-state index in [1.165, 1.54) is 12.8 Å². The van der Waals surface area contributed by atoms with E-state index < -0.39 is 0 Å². The molecule has 0 spiro atoms. The van der Waals surface area contributed by atoms with Crippen LogP contribution in [0.3, 0.4) is 0 Å². The highest BCUT2D eigenvalue weighted by atomic mass is 16.2. The van der Waals surface area contributed by atoms with Crippen molar-refractivity contribution in [1.29, 1.82) is 0 Å². The van der Waals surface area contributed by atoms with E-state index in [0.29, 0.717) is 12.6 Å². The molecule has 3 heteroatoms. The number of nitrogens with zero attached hydrogens (tertiary/aromatic N) is 1. The third-order valence-corrected chi connectivity index (χ3v) is 4.19. The second-order valence-corrected chi connectivity index (χ2v) is 5.55. The summed E-state index contributed by atoms with van der Waals surface area (Å²) in [5, 5.41) is 3.37. The van der Waals surface area contributed by atoms with Crippen molar-refractivity contribution in [1.82, 2.24) is 10.2 Å². The monoisotopic (exact) mass is 236 g/mol. The van der Waals surface area contributed by atoms with Crippen molar-refractivity contribution >= 4 is 5.91 Å². The first-order valence-electron chi connectivity index (χ1n) is 6.84. The lowest BCUT2D eigenvalue weighted by molar-refractivity contribution is -0.138. The van der Waals surface area contributed by atoms with Crippen molar-refractivity contribution in [2.45, 2.75) is 57.0 Å². The van der Waals surface area contributed by atoms with Crippen LogP contribution in [-0.4, -0.2) is 35.5 Å². The highest BCUT2D eigenvalue weighted by Crippen LogP contribution is 2.28. The molecule has 2 aliphatic rings. The Hall–Kier alpha value is -0.830. The Labute approximate surface area is 104 Å². The fourth-order valence-corrected chi connectivity index (χ4v) is 3.15. The molecule has 1 heterocycles. The van der Waals surface area contributed by atoms with Crippen molar-refractivity contribution < 1.29 is 4.79 Å². The molecule has 2 fully saturated rings. The summed E-state index contributed by atoms with van der Waals surface area (Å²) in [6, 6.07) is 0.444. The second kappa shape index (κ2) is 5.21. The molecule has 1 atom stereocenters. The van der Waals surface area contributed by atoms with Gasteiger partial charge in [0.1, 0.15) is 0 Å². The molecule has 96 valence electrons. The zero-order chi connectivity index (χ0) is 12.3. The molecule has 1 saturated heterocycles. The molecule has 0 aromatic rings. The molecule has 3 nitrogen and oxygen atoms in total. The van der Waals surface area contributed by atoms with Gasteiger partial charge in [-0.1, -0.05) is 18.9 Å². The summed E-state index contributed by atoms with van der Waals surface area (Å²) in [5.41, 5.74) is -0.328. The molecule has 2 rings (SSSR count). The zero-order valence-corrected chi connectivity index (χ0v) is 10.9. The van der Waals surface area contributed by atoms with Crippen LogP contribution in [0, 0.1) is 0 Å². The highest BCUT2D eigenvalue weighted by molar-refractivity contribution is 5.86. The van der Waals surface area contributed by atoms with Gasteiger partial charge in [0.05, 0.1) is 5.54 Å². The van der Waals surface area contributed by atoms with E-state index in [1.807, 2.05) is 13.0 Å². The van der Waals surface area contributed by atoms with E-state index in [0.717, 1.165) is 32.2 Å². The van der Waals surface area contributed by atoms with Crippen LogP contribution in [0.1, 0.15) is 45.4 Å². The lowest BCUT2D eigenvalue weighted by Crippen LogP contribution is -2.55. The van der Waals surface area contributed by atoms with E-state index in [1.54, 1.807) is 0 Å². The molecule has 1 unspecified atom stereocenters. The summed E-state index contributed by atoms with van der Waals surface area (Å²) in [4.78, 5) is 14.7. The Bertz CT molecular complexity index is 289. The molecule has 0 aromatic carbocycles. The molecule has 17 heavy (non-hydrogen) atoms. The van der Waals surface area contributed by atoms with E-state index in [-0.39, 0.29) is 11.4 Å². The van der Waals surface area contributed by atoms with Crippen LogP contribution in [0.5, 0.6) is 0 Å². The molecule has 1 aliphatic heterocycles. The normalized spacial score (nSPS) is 29.5. The molecular weight excluding hydrogens is 212 g/mol. The SMILES string of the molecule is C=CCN(C(=O)C1(C)CCCN1)C1CCCC1. The summed E-state index contributed by atoms with van der Waals surface area (Å²) >= 11 is 0. The number of carbonyl (C=O) groups excluding carboxylic acids is 1. The average Bonchev–Trinajstić information content (AvgIpc) is 2.96. The first kappa shape index (κ1) is 12.6. The third-order valence-electron chi connectivity index (χ3n) is 4.19. The number of carbonyl (C=O) groups is 1. The Kier molecular flexibility index (Phi) is 3.87. The summed E-state index contributed by atoms with van der Waals surface area (Å²) in [6.45, 7) is 7.50. The van der Waals surface area contributed by atoms with Crippen LogP contribution < -0.4 is 5.32 Å². The van der Waals surface area contributed by atoms with Crippen molar-refractivity contribution in [3.05, 3.63) is 12.7 Å². The van der Waals surface area contributed by atoms with Gasteiger partial charge in [0.15, 0.2) is 0 Å². The van der Waals surface area contributed by atoms with Gasteiger partial charge in [-0.05, 0) is 39.2 Å². The number of hydrogen-bond donors (Lipinski definition) is 1. The predicted molar refractivity (Wildman–Crippen MR) is 69.8 cm³/mol. The van der Waals surface area contributed by atoms with Crippen molar-refractivity contribution in [3.63, 3.8) is 0 Å². The van der Waals surface area contributed by atoms with Crippen molar-refractivity contribution in [2.75, 3.05) is 13.1 Å². The van der Waals surface area contributed by atoms with Crippen molar-refractivity contribution in [3.8, 4) is 0 Å². The minimum absolute atomic E-state index is 0.279. The van der Waals surface area contributed by atoms with Gasteiger partial charge in [0.25, 0.3) is 0 Å². The average molecular weight is 236 g/mol. The van der Waals surface area contributed by atoms with Crippen molar-refractivity contribution in [2.24, 2.45) is 0 Å². The van der Waals surface area contributed by atoms with Gasteiger partial charge >= 0.3 is 0 Å². The number of nitrogens with one attached hydrogen (secondary N) is 1. The fourth-order valence-electron chi connectivity index (χ4n) is 3.15. The molecule has 1 aliphatic carbocycles. The van der Waals surface area contributed by atoms with Gasteiger partial charge in [-0.15, -0.1) is 6.58 Å². The molecular formula is C14H24N2O. The predicted octanol–water partition coefficient (Wildman–Crippen LogP) is 2.09. The number of amides is 1. The summed E-state index contributed by atoms with van der Waals surface area (Å²) in [7, 11) is 0. The first-order valence-corrected chi connectivity index (χ1v) is 6.84. The van der Waals surface area contributed by atoms with Gasteiger partial charge < -0.3 is 10.2 Å². The van der Waals surface area contributed by atoms with Crippen LogP contribution in [-0.2, 0) is 4.79 Å². The van der Waals surface area contributed by atoms with Crippen LogP contribution >= 0.6 is 0 Å². The minimum atomic E-state index is -0.328. The summed E-state index contributed by atoms with van der Waals surface area (Å²) in [6.07, 6.45) is 8.77. The van der Waals surface area contributed by atoms with E-state index in [9.17, 15) is 4.79 Å². The molecule has 0 radical (unpaired) electrons. The Morgan fingerprint density at radius 3 is 2.71 bits per heavy atom. The number of rotatable bonds is 4. The molecule has 0 bridgehead atoms. The van der Waals surface area contributed by atoms with Crippen LogP contribution in [0.15, 0.2) is 12.7 Å². The maximum atomic E-state index is 12.7. The second-order valence-electron chi connectivity index (χ2n) is 5.55. The van der Waals surface area contributed by atoms with Gasteiger partial charge in [0, 0.05) is 12.6 Å². The van der Waals surface area contributed by atoms with Crippen LogP contribution in [0.2, 0.25) is 0 Å². The smallest absolute Gasteiger partial charge is 0.243 e. The minimum Gasteiger partial charge on any atom is -0.334 e. The third kappa shape index (κ3) is 2.54. The zero-order valence-electron chi connectivity index (χ0n) is 10.9. The quantitative estimate of drug-likeness (QED) is 0.758. The Balaban J connectivity index is 2.08. The lowest BCUT2D eigenvalue weighted by Gasteiger charge is -2.35. The maximum Gasteiger partial charge on any atom is 0.243 e. The largest absolute Gasteiger partial charge is 0.334 e. The molecule has 1 amide bonds. The van der Waals surface area contributed by atoms with E-state index in [2.05, 4.69) is 16.8 Å². The van der Waals surface area contributed by atoms with E-state index in [4.69, 9.17) is 0 Å². The highest BCUT2D eigenvalue weighted by Gasteiger charge is 2.40. The van der Waals surface area contributed by atoms with Crippen LogP contribution in [0.4, 0.5) is 0 Å². The van der Waals surface area contributed by atoms with E-state index >= 15 is 0 Å². The molecule has 1 N–H and O–H groups in total. The molecule has 0 aromatic heterocycles. The summed E-state index contributed by atoms with van der Waals surface area (Å²) in [5.74, 6) is 0.279. The Morgan fingerprint density at radius 1 is 1.47 bits per heavy atom. The Morgan fingerprint density at radius 2 is 2.18 bits per heavy atom. The maximum absolute atomic E-state index is 12.7. The fraction of sp³-hybridized carbons (Fsp3) is 0.786. The van der Waals surface area contributed by atoms with Gasteiger partial charge in [-0.25, -0.2) is 0 Å².